The number of aliphatic imine (C=N–C) groups is 2. The molecule has 1 atom stereocenters. The number of nitrogens with one attached hydrogen (secondary N) is 1. The van der Waals surface area contributed by atoms with Gasteiger partial charge >= 0.3 is 0 Å². The lowest BCUT2D eigenvalue weighted by molar-refractivity contribution is 0.354. The van der Waals surface area contributed by atoms with E-state index < -0.39 is 0 Å². The molecular weight excluding hydrogens is 560 g/mol. The molecule has 0 radical (unpaired) electrons. The van der Waals surface area contributed by atoms with Crippen molar-refractivity contribution < 1.29 is 9.47 Å². The zero-order valence-electron chi connectivity index (χ0n) is 24.2. The van der Waals surface area contributed by atoms with Gasteiger partial charge in [0.25, 0.3) is 0 Å². The predicted molar refractivity (Wildman–Crippen MR) is 173 cm³/mol. The van der Waals surface area contributed by atoms with Gasteiger partial charge in [-0.15, -0.1) is 0 Å². The molecule has 0 saturated carbocycles. The van der Waals surface area contributed by atoms with E-state index in [1.165, 1.54) is 0 Å². The average Bonchev–Trinajstić information content (AvgIpc) is 3.37. The number of halogens is 1. The van der Waals surface area contributed by atoms with Crippen LogP contribution in [0.15, 0.2) is 101 Å². The third-order valence-electron chi connectivity index (χ3n) is 7.80. The molecule has 0 unspecified atom stereocenters. The summed E-state index contributed by atoms with van der Waals surface area (Å²) in [6.07, 6.45) is 0. The van der Waals surface area contributed by atoms with Gasteiger partial charge in [-0.1, -0.05) is 54.1 Å². The van der Waals surface area contributed by atoms with Crippen molar-refractivity contribution in [3.63, 3.8) is 0 Å². The minimum absolute atomic E-state index is 0.296. The quantitative estimate of drug-likeness (QED) is 0.225. The Bertz CT molecular complexity index is 1930. The summed E-state index contributed by atoms with van der Waals surface area (Å²) in [6, 6.07) is 29.8. The van der Waals surface area contributed by atoms with Crippen LogP contribution in [0.25, 0.3) is 5.69 Å². The van der Waals surface area contributed by atoms with E-state index in [2.05, 4.69) is 22.3 Å². The van der Waals surface area contributed by atoms with E-state index >= 15 is 0 Å². The van der Waals surface area contributed by atoms with Gasteiger partial charge < -0.3 is 19.7 Å². The van der Waals surface area contributed by atoms with Gasteiger partial charge in [0.15, 0.2) is 29.0 Å². The molecule has 2 aliphatic heterocycles. The number of hydrogen-bond donors (Lipinski definition) is 1. The molecule has 9 heteroatoms. The third-order valence-corrected chi connectivity index (χ3v) is 8.20. The van der Waals surface area contributed by atoms with E-state index in [-0.39, 0.29) is 6.04 Å². The molecule has 43 heavy (non-hydrogen) atoms. The van der Waals surface area contributed by atoms with Crippen LogP contribution in [-0.4, -0.2) is 35.7 Å². The monoisotopic (exact) mass is 588 g/mol. The number of hydrogen-bond acceptors (Lipinski definition) is 7. The molecule has 1 aromatic heterocycles. The van der Waals surface area contributed by atoms with Crippen molar-refractivity contribution in [1.29, 1.82) is 0 Å². The molecular formula is C34H29ClN6O2. The van der Waals surface area contributed by atoms with Gasteiger partial charge in [0.05, 0.1) is 43.0 Å². The normalized spacial score (nSPS) is 15.1. The summed E-state index contributed by atoms with van der Waals surface area (Å²) in [7, 11) is 3.29. The molecule has 214 valence electrons. The molecule has 2 aliphatic rings. The van der Waals surface area contributed by atoms with Crippen molar-refractivity contribution in [3.8, 4) is 17.2 Å². The Kier molecular flexibility index (Phi) is 6.63. The number of para-hydroxylation sites is 3. The van der Waals surface area contributed by atoms with E-state index in [0.29, 0.717) is 28.2 Å². The van der Waals surface area contributed by atoms with Crippen LogP contribution in [0.1, 0.15) is 28.4 Å². The molecule has 0 spiro atoms. The van der Waals surface area contributed by atoms with Gasteiger partial charge in [-0.05, 0) is 73.5 Å². The van der Waals surface area contributed by atoms with Gasteiger partial charge in [0, 0.05) is 16.3 Å². The Labute approximate surface area is 254 Å². The third kappa shape index (κ3) is 4.51. The second-order valence-electron chi connectivity index (χ2n) is 10.4. The number of amidine groups is 2. The highest BCUT2D eigenvalue weighted by atomic mass is 35.5. The van der Waals surface area contributed by atoms with Crippen LogP contribution in [0.3, 0.4) is 0 Å². The van der Waals surface area contributed by atoms with Gasteiger partial charge in [-0.3, -0.25) is 0 Å². The first-order valence-corrected chi connectivity index (χ1v) is 14.3. The zero-order valence-corrected chi connectivity index (χ0v) is 24.9. The van der Waals surface area contributed by atoms with E-state index in [0.717, 1.165) is 51.0 Å². The number of ether oxygens (including phenoxy) is 2. The molecule has 4 aromatic carbocycles. The lowest BCUT2D eigenvalue weighted by atomic mass is 9.93. The average molecular weight is 589 g/mol. The largest absolute Gasteiger partial charge is 0.493 e. The number of anilines is 2. The van der Waals surface area contributed by atoms with Gasteiger partial charge in [0.2, 0.25) is 0 Å². The SMILES string of the molecule is COc1ccc([C@H]2c3c(C)nn(-c4ccccc4)c3N=C3C(Nc4ccc(C)c(Cl)c4)=Nc4ccccc4N32)cc1OC. The van der Waals surface area contributed by atoms with Crippen LogP contribution >= 0.6 is 11.6 Å². The van der Waals surface area contributed by atoms with Crippen LogP contribution in [0, 0.1) is 13.8 Å². The Morgan fingerprint density at radius 2 is 1.58 bits per heavy atom. The van der Waals surface area contributed by atoms with Crippen molar-refractivity contribution in [1.82, 2.24) is 9.78 Å². The Hall–Kier alpha value is -5.08. The summed E-state index contributed by atoms with van der Waals surface area (Å²) in [5, 5.41) is 9.20. The summed E-state index contributed by atoms with van der Waals surface area (Å²) in [6.45, 7) is 4.01. The van der Waals surface area contributed by atoms with Crippen molar-refractivity contribution in [2.75, 3.05) is 24.4 Å². The van der Waals surface area contributed by atoms with Crippen LogP contribution < -0.4 is 19.7 Å². The fourth-order valence-corrected chi connectivity index (χ4v) is 5.87. The van der Waals surface area contributed by atoms with Crippen LogP contribution in [0.2, 0.25) is 5.02 Å². The first-order chi connectivity index (χ1) is 21.0. The molecule has 3 heterocycles. The lowest BCUT2D eigenvalue weighted by Gasteiger charge is -2.40. The zero-order chi connectivity index (χ0) is 29.7. The molecule has 1 N–H and O–H groups in total. The number of methoxy groups -OCH3 is 2. The summed E-state index contributed by atoms with van der Waals surface area (Å²) in [4.78, 5) is 12.6. The summed E-state index contributed by atoms with van der Waals surface area (Å²) >= 11 is 6.51. The Morgan fingerprint density at radius 3 is 2.35 bits per heavy atom. The standard InChI is InChI=1S/C34H29ClN6O2/c1-20-14-16-23(19-25(20)35)36-32-34-38-33-30(21(2)39-41(33)24-10-6-5-7-11-24)31(22-15-17-28(42-3)29(18-22)43-4)40(34)27-13-9-8-12-26(27)37-32/h5-19,31H,1-4H3,(H,36,37)/t31-/m0/s1. The first kappa shape index (κ1) is 26.8. The maximum atomic E-state index is 6.51. The first-order valence-electron chi connectivity index (χ1n) is 13.9. The molecule has 7 rings (SSSR count). The fourth-order valence-electron chi connectivity index (χ4n) is 5.69. The van der Waals surface area contributed by atoms with Gasteiger partial charge in [-0.25, -0.2) is 14.7 Å². The fraction of sp³-hybridized carbons (Fsp3) is 0.147. The highest BCUT2D eigenvalue weighted by Gasteiger charge is 2.41. The second kappa shape index (κ2) is 10.6. The van der Waals surface area contributed by atoms with E-state index in [1.807, 2.05) is 97.4 Å². The van der Waals surface area contributed by atoms with Crippen LogP contribution in [-0.2, 0) is 0 Å². The number of nitrogens with zero attached hydrogens (tertiary/aromatic N) is 5. The number of benzene rings is 4. The Balaban J connectivity index is 1.49. The van der Waals surface area contributed by atoms with E-state index in [1.54, 1.807) is 14.2 Å². The van der Waals surface area contributed by atoms with Crippen molar-refractivity contribution in [2.45, 2.75) is 19.9 Å². The maximum absolute atomic E-state index is 6.51. The van der Waals surface area contributed by atoms with Crippen molar-refractivity contribution in [3.05, 3.63) is 118 Å². The van der Waals surface area contributed by atoms with E-state index in [9.17, 15) is 0 Å². The number of fused-ring (bicyclic) bond motifs is 4. The van der Waals surface area contributed by atoms with Crippen molar-refractivity contribution in [2.24, 2.45) is 9.98 Å². The minimum Gasteiger partial charge on any atom is -0.493 e. The molecule has 5 aromatic rings. The molecule has 0 fully saturated rings. The van der Waals surface area contributed by atoms with E-state index in [4.69, 9.17) is 36.2 Å². The molecule has 0 bridgehead atoms. The highest BCUT2D eigenvalue weighted by molar-refractivity contribution is 6.51. The molecule has 0 amide bonds. The minimum atomic E-state index is -0.296. The predicted octanol–water partition coefficient (Wildman–Crippen LogP) is 7.96. The highest BCUT2D eigenvalue weighted by Crippen LogP contribution is 2.49. The topological polar surface area (TPSA) is 76.3 Å². The number of aryl methyl sites for hydroxylation is 2. The van der Waals surface area contributed by atoms with Crippen LogP contribution in [0.4, 0.5) is 22.9 Å². The van der Waals surface area contributed by atoms with Crippen LogP contribution in [0.5, 0.6) is 11.5 Å². The molecule has 0 aliphatic carbocycles. The summed E-state index contributed by atoms with van der Waals surface area (Å²) < 4.78 is 13.2. The van der Waals surface area contributed by atoms with Crippen molar-refractivity contribution >= 4 is 46.2 Å². The lowest BCUT2D eigenvalue weighted by Crippen LogP contribution is -2.46. The number of aromatic nitrogens is 2. The molecule has 8 nitrogen and oxygen atoms in total. The van der Waals surface area contributed by atoms with Gasteiger partial charge in [0.1, 0.15) is 0 Å². The Morgan fingerprint density at radius 1 is 0.814 bits per heavy atom. The molecule has 0 saturated heterocycles. The summed E-state index contributed by atoms with van der Waals surface area (Å²) in [5.41, 5.74) is 7.36. The maximum Gasteiger partial charge on any atom is 0.179 e. The summed E-state index contributed by atoms with van der Waals surface area (Å²) in [5.74, 6) is 3.32. The number of rotatable bonds is 5. The smallest absolute Gasteiger partial charge is 0.179 e. The second-order valence-corrected chi connectivity index (χ2v) is 10.8. The van der Waals surface area contributed by atoms with Gasteiger partial charge in [-0.2, -0.15) is 5.10 Å².